The van der Waals surface area contributed by atoms with Crippen molar-refractivity contribution >= 4 is 27.6 Å². The van der Waals surface area contributed by atoms with E-state index in [0.29, 0.717) is 12.4 Å². The minimum atomic E-state index is -1.64. The van der Waals surface area contributed by atoms with Gasteiger partial charge in [0.05, 0.1) is 13.5 Å². The fourth-order valence-corrected chi connectivity index (χ4v) is 12.6. The van der Waals surface area contributed by atoms with E-state index in [-0.39, 0.29) is 60.8 Å². The molecule has 0 unspecified atom stereocenters. The number of aryl methyl sites for hydroxylation is 1. The van der Waals surface area contributed by atoms with E-state index in [1.807, 2.05) is 13.8 Å². The lowest BCUT2D eigenvalue weighted by Gasteiger charge is -2.34. The Morgan fingerprint density at radius 1 is 0.391 bits per heavy atom. The predicted molar refractivity (Wildman–Crippen MR) is 377 cm³/mol. The van der Waals surface area contributed by atoms with Crippen molar-refractivity contribution in [2.24, 2.45) is 0 Å². The van der Waals surface area contributed by atoms with Gasteiger partial charge in [0, 0.05) is 35.1 Å². The molecular weight excluding hydrogens is 1130 g/mol. The minimum Gasteiger partial charge on any atom is -0.507 e. The van der Waals surface area contributed by atoms with Crippen LogP contribution in [0, 0.1) is 13.8 Å². The first-order valence-electron chi connectivity index (χ1n) is 31.6. The monoisotopic (exact) mass is 1250 g/mol. The third-order valence-electron chi connectivity index (χ3n) is 16.0. The lowest BCUT2D eigenvalue weighted by Crippen LogP contribution is -2.22. The summed E-state index contributed by atoms with van der Waals surface area (Å²) < 4.78 is 32.2. The Morgan fingerprint density at radius 2 is 0.609 bits per heavy atom. The Bertz CT molecular complexity index is 3000. The fourth-order valence-electron chi connectivity index (χ4n) is 10.4. The van der Waals surface area contributed by atoms with Gasteiger partial charge in [-0.2, -0.15) is 0 Å². The Kier molecular flexibility index (Phi) is 23.5. The van der Waals surface area contributed by atoms with Gasteiger partial charge < -0.3 is 28.3 Å². The molecule has 0 aromatic heterocycles. The third kappa shape index (κ3) is 19.8. The zero-order chi connectivity index (χ0) is 67.1. The molecule has 5 aromatic carbocycles. The maximum atomic E-state index is 10.1. The average molecular weight is 1250 g/mol. The first-order chi connectivity index (χ1) is 39.0. The van der Waals surface area contributed by atoms with Gasteiger partial charge in [0.15, 0.2) is 6.61 Å². The summed E-state index contributed by atoms with van der Waals surface area (Å²) in [5.41, 5.74) is 18.1. The number of aliphatic hydroxyl groups excluding tert-OH is 1. The van der Waals surface area contributed by atoms with Gasteiger partial charge in [-0.25, -0.2) is 0 Å². The summed E-state index contributed by atoms with van der Waals surface area (Å²) >= 11 is 6.77. The highest BCUT2D eigenvalue weighted by atomic mass is 35.7. The second-order valence-corrected chi connectivity index (χ2v) is 37.2. The SMILES string of the molecule is CC(C)(C)c1cc2c(c(C(C)(C)C)c1)OP(Cl)Oc1c(cc(C(C)(C)C)cc1C(C)(C)C)C2.CCOP1Oc2c(cc(C(C)(C)C)cc2C(C)(C)C)Cc2cc(C(C)(C)C)cc(C(C)(C)C)c2O1.Cc1cc(C(C)(C)C)cc(C(C)(C)C)c1O.[CH2+]CO. The van der Waals surface area contributed by atoms with Crippen LogP contribution >= 0.6 is 27.6 Å². The summed E-state index contributed by atoms with van der Waals surface area (Å²) in [6, 6.07) is 22.8. The smallest absolute Gasteiger partial charge is 0.463 e. The van der Waals surface area contributed by atoms with Crippen molar-refractivity contribution in [2.45, 2.75) is 289 Å². The van der Waals surface area contributed by atoms with Crippen LogP contribution in [0.2, 0.25) is 0 Å². The van der Waals surface area contributed by atoms with Crippen LogP contribution in [0.3, 0.4) is 0 Å². The highest BCUT2D eigenvalue weighted by molar-refractivity contribution is 7.76. The molecule has 0 amide bonds. The zero-order valence-electron chi connectivity index (χ0n) is 60.5. The van der Waals surface area contributed by atoms with Gasteiger partial charge in [-0.1, -0.05) is 268 Å². The van der Waals surface area contributed by atoms with E-state index in [1.165, 1.54) is 72.3 Å². The molecule has 5 aromatic rings. The minimum absolute atomic E-state index is 0. The Labute approximate surface area is 539 Å². The van der Waals surface area contributed by atoms with E-state index >= 15 is 0 Å². The van der Waals surface area contributed by atoms with Crippen LogP contribution in [0.5, 0.6) is 28.7 Å². The van der Waals surface area contributed by atoms with Crippen LogP contribution in [-0.2, 0) is 71.5 Å². The number of fused-ring (bicyclic) bond motifs is 4. The van der Waals surface area contributed by atoms with Crippen LogP contribution in [0.1, 0.15) is 298 Å². The molecule has 10 heteroatoms. The largest absolute Gasteiger partial charge is 0.507 e. The van der Waals surface area contributed by atoms with Crippen molar-refractivity contribution in [1.29, 1.82) is 0 Å². The number of rotatable bonds is 2. The Morgan fingerprint density at radius 3 is 0.828 bits per heavy atom. The fraction of sp³-hybridized carbons (Fsp3) is 0.597. The maximum Gasteiger partial charge on any atom is 0.463 e. The van der Waals surface area contributed by atoms with Crippen LogP contribution in [0.15, 0.2) is 60.7 Å². The number of halogens is 1. The number of phenolic OH excluding ortho intramolecular Hbond substituents is 1. The Hall–Kier alpha value is -3.96. The molecule has 0 spiro atoms. The van der Waals surface area contributed by atoms with Crippen molar-refractivity contribution in [3.8, 4) is 28.7 Å². The van der Waals surface area contributed by atoms with Gasteiger partial charge in [0.2, 0.25) is 0 Å². The molecule has 0 saturated carbocycles. The molecule has 0 fully saturated rings. The van der Waals surface area contributed by atoms with Crippen LogP contribution in [0.25, 0.3) is 0 Å². The lowest BCUT2D eigenvalue weighted by atomic mass is 9.76. The standard InChI is InChI=1S/C31H47O3P.C29H42ClO2P.C15H24O.C2H5O/c1-14-32-35-33-26-20(16-22(28(2,3)4)18-24(26)30(8,9)10)15-21-17-23(29(5,6)7)19-25(27(21)34-35)31(11,12)13;1-26(2,3)20-14-18-13-19-15-21(27(4,5)6)17-23(29(10,11)12)25(19)32-33(30)31-24(18)22(16-20)28(7,8)9;1-10-8-11(14(2,3)4)9-12(13(10)16)15(5,6)7;1-2-3/h16-19H,14-15H2,1-13H3;14-17H,13H2,1-12H3;8-9,16H,1-7H3;3H,1-2H2/q;;;+1. The first kappa shape index (κ1) is 75.5. The number of benzene rings is 5. The van der Waals surface area contributed by atoms with Gasteiger partial charge in [-0.05, 0) is 140 Å². The molecule has 0 aliphatic carbocycles. The molecule has 0 bridgehead atoms. The van der Waals surface area contributed by atoms with E-state index in [0.717, 1.165) is 47.0 Å². The molecule has 87 heavy (non-hydrogen) atoms. The van der Waals surface area contributed by atoms with Crippen molar-refractivity contribution in [2.75, 3.05) is 13.2 Å². The quantitative estimate of drug-likeness (QED) is 0.135. The summed E-state index contributed by atoms with van der Waals surface area (Å²) in [7, 11) is -3.23. The van der Waals surface area contributed by atoms with E-state index in [9.17, 15) is 5.11 Å². The molecule has 2 aliphatic heterocycles. The van der Waals surface area contributed by atoms with Crippen molar-refractivity contribution < 1.29 is 32.8 Å². The number of aromatic hydroxyl groups is 1. The third-order valence-corrected chi connectivity index (χ3v) is 18.2. The first-order valence-corrected chi connectivity index (χ1v) is 34.8. The highest BCUT2D eigenvalue weighted by Gasteiger charge is 2.37. The molecule has 484 valence electrons. The number of phenols is 1. The summed E-state index contributed by atoms with van der Waals surface area (Å²) in [6.07, 6.45) is 1.52. The summed E-state index contributed by atoms with van der Waals surface area (Å²) in [6.45, 7) is 74.8. The molecule has 2 heterocycles. The maximum absolute atomic E-state index is 10.1. The topological polar surface area (TPSA) is 86.6 Å². The van der Waals surface area contributed by atoms with E-state index in [1.54, 1.807) is 0 Å². The predicted octanol–water partition coefficient (Wildman–Crippen LogP) is 23.3. The summed E-state index contributed by atoms with van der Waals surface area (Å²) in [5, 5.41) is 17.6. The zero-order valence-corrected chi connectivity index (χ0v) is 63.1. The van der Waals surface area contributed by atoms with Crippen molar-refractivity contribution in [3.63, 3.8) is 0 Å². The Balaban J connectivity index is 0.000000290. The molecule has 0 atom stereocenters. The molecule has 0 radical (unpaired) electrons. The van der Waals surface area contributed by atoms with Gasteiger partial charge in [0.25, 0.3) is 0 Å². The molecule has 2 aliphatic rings. The normalized spacial score (nSPS) is 14.7. The van der Waals surface area contributed by atoms with Gasteiger partial charge in [0.1, 0.15) is 28.7 Å². The number of aliphatic hydroxyl groups is 1. The lowest BCUT2D eigenvalue weighted by molar-refractivity contribution is 0.274. The highest BCUT2D eigenvalue weighted by Crippen LogP contribution is 2.56. The molecule has 2 N–H and O–H groups in total. The molecular formula is C77H118ClO7P2+. The second-order valence-electron chi connectivity index (χ2n) is 34.5. The van der Waals surface area contributed by atoms with E-state index in [2.05, 4.69) is 275 Å². The number of hydrogen-bond donors (Lipinski definition) is 2. The van der Waals surface area contributed by atoms with Gasteiger partial charge >= 0.3 is 16.3 Å². The van der Waals surface area contributed by atoms with Crippen molar-refractivity contribution in [1.82, 2.24) is 0 Å². The van der Waals surface area contributed by atoms with Crippen LogP contribution < -0.4 is 18.1 Å². The summed E-state index contributed by atoms with van der Waals surface area (Å²) in [4.78, 5) is 0. The van der Waals surface area contributed by atoms with Crippen LogP contribution in [-0.4, -0.2) is 23.4 Å². The van der Waals surface area contributed by atoms with Crippen LogP contribution in [0.4, 0.5) is 0 Å². The average Bonchev–Trinajstić information content (AvgIpc) is 0.805. The molecule has 0 saturated heterocycles. The number of hydrogen-bond acceptors (Lipinski definition) is 7. The van der Waals surface area contributed by atoms with Gasteiger partial charge in [-0.15, -0.1) is 0 Å². The van der Waals surface area contributed by atoms with E-state index < -0.39 is 16.3 Å². The summed E-state index contributed by atoms with van der Waals surface area (Å²) in [5.74, 6) is 4.07. The van der Waals surface area contributed by atoms with Crippen molar-refractivity contribution in [3.05, 3.63) is 151 Å². The second kappa shape index (κ2) is 27.1. The molecule has 7 rings (SSSR count). The van der Waals surface area contributed by atoms with E-state index in [4.69, 9.17) is 39.0 Å². The van der Waals surface area contributed by atoms with Gasteiger partial charge in [-0.3, -0.25) is 4.52 Å². The molecule has 7 nitrogen and oxygen atoms in total.